The van der Waals surface area contributed by atoms with Gasteiger partial charge in [-0.05, 0) is 18.6 Å². The van der Waals surface area contributed by atoms with Crippen LogP contribution in [-0.2, 0) is 19.6 Å². The molecule has 0 spiro atoms. The molecular formula is C13H14N2O6S2. The van der Waals surface area contributed by atoms with Crippen LogP contribution < -0.4 is 0 Å². The molecule has 0 bridgehead atoms. The molecule has 8 nitrogen and oxygen atoms in total. The first-order valence-corrected chi connectivity index (χ1v) is 8.99. The van der Waals surface area contributed by atoms with Crippen molar-refractivity contribution < 1.29 is 22.9 Å². The van der Waals surface area contributed by atoms with Gasteiger partial charge in [-0.3, -0.25) is 14.4 Å². The van der Waals surface area contributed by atoms with Crippen molar-refractivity contribution in [1.82, 2.24) is 4.31 Å². The Morgan fingerprint density at radius 2 is 2.00 bits per heavy atom. The molecule has 1 fully saturated rings. The second-order valence-electron chi connectivity index (χ2n) is 4.49. The smallest absolute Gasteiger partial charge is 0.412 e. The Kier molecular flexibility index (Phi) is 5.26. The van der Waals surface area contributed by atoms with Gasteiger partial charge in [-0.2, -0.15) is 0 Å². The van der Waals surface area contributed by atoms with Crippen molar-refractivity contribution >= 4 is 27.8 Å². The summed E-state index contributed by atoms with van der Waals surface area (Å²) in [6, 6.07) is 7.58. The van der Waals surface area contributed by atoms with E-state index in [9.17, 15) is 23.3 Å². The average molecular weight is 358 g/mol. The molecule has 0 radical (unpaired) electrons. The molecule has 0 aromatic heterocycles. The van der Waals surface area contributed by atoms with E-state index in [1.807, 2.05) is 0 Å². The maximum atomic E-state index is 12.7. The number of nitrogens with zero attached hydrogens (tertiary/aromatic N) is 2. The van der Waals surface area contributed by atoms with E-state index in [0.29, 0.717) is 12.2 Å². The number of benzene rings is 1. The predicted molar refractivity (Wildman–Crippen MR) is 83.4 cm³/mol. The Morgan fingerprint density at radius 3 is 2.57 bits per heavy atom. The lowest BCUT2D eigenvalue weighted by Gasteiger charge is -2.29. The van der Waals surface area contributed by atoms with Gasteiger partial charge in [0, 0.05) is 12.3 Å². The molecule has 1 aliphatic rings. The van der Waals surface area contributed by atoms with Crippen molar-refractivity contribution in [2.75, 3.05) is 19.4 Å². The maximum absolute atomic E-state index is 12.7. The van der Waals surface area contributed by atoms with E-state index in [-0.39, 0.29) is 16.5 Å². The third kappa shape index (κ3) is 3.48. The predicted octanol–water partition coefficient (Wildman–Crippen LogP) is 1.43. The Balaban J connectivity index is 2.59. The zero-order valence-electron chi connectivity index (χ0n) is 12.2. The molecule has 1 aromatic rings. The Labute approximate surface area is 137 Å². The molecule has 0 unspecified atom stereocenters. The average Bonchev–Trinajstić information content (AvgIpc) is 2.55. The highest BCUT2D eigenvalue weighted by Crippen LogP contribution is 2.34. The molecule has 1 heterocycles. The summed E-state index contributed by atoms with van der Waals surface area (Å²) in [5.41, 5.74) is -0.864. The van der Waals surface area contributed by atoms with Crippen molar-refractivity contribution in [2.45, 2.75) is 11.3 Å². The zero-order valence-corrected chi connectivity index (χ0v) is 13.8. The van der Waals surface area contributed by atoms with Gasteiger partial charge in [0.1, 0.15) is 0 Å². The number of esters is 1. The molecule has 0 saturated carbocycles. The fourth-order valence-corrected chi connectivity index (χ4v) is 4.90. The highest BCUT2D eigenvalue weighted by Gasteiger charge is 2.39. The van der Waals surface area contributed by atoms with Gasteiger partial charge in [0.2, 0.25) is 0 Å². The van der Waals surface area contributed by atoms with Crippen LogP contribution in [0, 0.1) is 10.1 Å². The molecule has 2 rings (SSSR count). The maximum Gasteiger partial charge on any atom is 0.412 e. The topological polar surface area (TPSA) is 107 Å². The quantitative estimate of drug-likeness (QED) is 0.347. The highest BCUT2D eigenvalue weighted by molar-refractivity contribution is 8.04. The lowest BCUT2D eigenvalue weighted by molar-refractivity contribution is -0.422. The van der Waals surface area contributed by atoms with Crippen molar-refractivity contribution in [2.24, 2.45) is 0 Å². The zero-order chi connectivity index (χ0) is 17.0. The summed E-state index contributed by atoms with van der Waals surface area (Å²) in [4.78, 5) is 22.0. The first-order valence-electron chi connectivity index (χ1n) is 6.57. The lowest BCUT2D eigenvalue weighted by Crippen LogP contribution is -2.36. The molecule has 1 saturated heterocycles. The number of carbonyl (C=O) groups excluding carboxylic acids is 1. The minimum Gasteiger partial charge on any atom is -0.461 e. The normalized spacial score (nSPS) is 17.5. The lowest BCUT2D eigenvalue weighted by atomic mass is 10.4. The number of nitro groups is 1. The highest BCUT2D eigenvalue weighted by atomic mass is 32.2. The third-order valence-corrected chi connectivity index (χ3v) is 6.17. The number of hydrogen-bond acceptors (Lipinski definition) is 7. The first kappa shape index (κ1) is 17.3. The van der Waals surface area contributed by atoms with Gasteiger partial charge in [-0.15, -0.1) is 11.8 Å². The van der Waals surface area contributed by atoms with Gasteiger partial charge in [0.25, 0.3) is 10.0 Å². The summed E-state index contributed by atoms with van der Waals surface area (Å²) in [7, 11) is -2.98. The van der Waals surface area contributed by atoms with E-state index in [2.05, 4.69) is 4.74 Å². The summed E-state index contributed by atoms with van der Waals surface area (Å²) in [6.07, 6.45) is 0.520. The van der Waals surface area contributed by atoms with Crippen LogP contribution in [0.2, 0.25) is 0 Å². The molecule has 0 aliphatic carbocycles. The minimum atomic E-state index is -3.99. The van der Waals surface area contributed by atoms with Gasteiger partial charge in [0.15, 0.2) is 5.03 Å². The molecule has 23 heavy (non-hydrogen) atoms. The SMILES string of the molecule is COC(=O)C(=C1SCCCN1S(=O)(=O)c1ccccc1)[N+](=O)[O-]. The molecular weight excluding hydrogens is 344 g/mol. The van der Waals surface area contributed by atoms with E-state index in [1.54, 1.807) is 18.2 Å². The van der Waals surface area contributed by atoms with Crippen LogP contribution in [0.1, 0.15) is 6.42 Å². The second-order valence-corrected chi connectivity index (χ2v) is 7.44. The van der Waals surface area contributed by atoms with Crippen LogP contribution in [0.4, 0.5) is 0 Å². The number of methoxy groups -OCH3 is 1. The summed E-state index contributed by atoms with van der Waals surface area (Å²) < 4.78 is 30.8. The summed E-state index contributed by atoms with van der Waals surface area (Å²) >= 11 is 0.957. The number of sulfonamides is 1. The summed E-state index contributed by atoms with van der Waals surface area (Å²) in [5, 5.41) is 11.0. The van der Waals surface area contributed by atoms with Crippen LogP contribution in [0.5, 0.6) is 0 Å². The van der Waals surface area contributed by atoms with Gasteiger partial charge < -0.3 is 4.74 Å². The minimum absolute atomic E-state index is 0.00700. The molecule has 1 aliphatic heterocycles. The number of thioether (sulfide) groups is 1. The number of rotatable bonds is 4. The van der Waals surface area contributed by atoms with E-state index in [4.69, 9.17) is 0 Å². The van der Waals surface area contributed by atoms with Crippen LogP contribution in [0.25, 0.3) is 0 Å². The van der Waals surface area contributed by atoms with Crippen molar-refractivity contribution in [3.63, 3.8) is 0 Å². The Hall–Kier alpha value is -2.07. The van der Waals surface area contributed by atoms with Crippen molar-refractivity contribution in [3.8, 4) is 0 Å². The fraction of sp³-hybridized carbons (Fsp3) is 0.308. The molecule has 0 N–H and O–H groups in total. The van der Waals surface area contributed by atoms with Crippen LogP contribution in [0.15, 0.2) is 46.0 Å². The van der Waals surface area contributed by atoms with E-state index >= 15 is 0 Å². The van der Waals surface area contributed by atoms with E-state index in [0.717, 1.165) is 23.2 Å². The standard InChI is InChI=1S/C13H14N2O6S2/c1-21-13(16)11(15(17)18)12-14(8-5-9-22-12)23(19,20)10-6-3-2-4-7-10/h2-4,6-7H,5,8-9H2,1H3. The van der Waals surface area contributed by atoms with Gasteiger partial charge in [-0.25, -0.2) is 13.2 Å². The number of ether oxygens (including phenoxy) is 1. The van der Waals surface area contributed by atoms with Crippen LogP contribution in [0.3, 0.4) is 0 Å². The largest absolute Gasteiger partial charge is 0.461 e. The number of carbonyl (C=O) groups is 1. The molecule has 1 aromatic carbocycles. The summed E-state index contributed by atoms with van der Waals surface area (Å²) in [5.74, 6) is -0.697. The monoisotopic (exact) mass is 358 g/mol. The Morgan fingerprint density at radius 1 is 1.35 bits per heavy atom. The van der Waals surface area contributed by atoms with Crippen LogP contribution in [-0.4, -0.2) is 43.0 Å². The van der Waals surface area contributed by atoms with Crippen molar-refractivity contribution in [3.05, 3.63) is 51.2 Å². The van der Waals surface area contributed by atoms with Gasteiger partial charge >= 0.3 is 11.7 Å². The molecule has 0 amide bonds. The molecule has 0 atom stereocenters. The molecule has 10 heteroatoms. The van der Waals surface area contributed by atoms with Crippen LogP contribution >= 0.6 is 11.8 Å². The van der Waals surface area contributed by atoms with Gasteiger partial charge in [-0.1, -0.05) is 18.2 Å². The van der Waals surface area contributed by atoms with Crippen molar-refractivity contribution in [1.29, 1.82) is 0 Å². The van der Waals surface area contributed by atoms with Gasteiger partial charge in [0.05, 0.1) is 16.9 Å². The van der Waals surface area contributed by atoms with E-state index < -0.39 is 26.6 Å². The summed E-state index contributed by atoms with van der Waals surface area (Å²) in [6.45, 7) is 0.0634. The van der Waals surface area contributed by atoms with E-state index in [1.165, 1.54) is 12.1 Å². The Bertz CT molecular complexity index is 745. The fourth-order valence-electron chi connectivity index (χ4n) is 2.02. The second kappa shape index (κ2) is 7.01. The third-order valence-electron chi connectivity index (χ3n) is 3.07. The number of hydrogen-bond donors (Lipinski definition) is 0. The first-order chi connectivity index (χ1) is 10.9. The molecule has 124 valence electrons.